The Morgan fingerprint density at radius 1 is 1.05 bits per heavy atom. The Morgan fingerprint density at radius 2 is 1.68 bits per heavy atom. The lowest BCUT2D eigenvalue weighted by molar-refractivity contribution is 0.178. The molecule has 1 aromatic carbocycles. The molecule has 0 radical (unpaired) electrons. The Labute approximate surface area is 110 Å². The summed E-state index contributed by atoms with van der Waals surface area (Å²) in [4.78, 5) is 4.23. The van der Waals surface area contributed by atoms with Gasteiger partial charge in [-0.25, -0.2) is 8.78 Å². The highest BCUT2D eigenvalue weighted by Gasteiger charge is 2.11. The van der Waals surface area contributed by atoms with Crippen LogP contribution in [0, 0.1) is 25.5 Å². The Hall–Kier alpha value is -1.81. The molecule has 2 rings (SSSR count). The normalized spacial score (nSPS) is 12.5. The number of aliphatic hydroxyl groups is 1. The van der Waals surface area contributed by atoms with Crippen LogP contribution in [0.1, 0.15) is 28.6 Å². The van der Waals surface area contributed by atoms with Crippen molar-refractivity contribution < 1.29 is 13.9 Å². The molecule has 4 heteroatoms. The summed E-state index contributed by atoms with van der Waals surface area (Å²) < 4.78 is 25.9. The monoisotopic (exact) mass is 263 g/mol. The molecule has 100 valence electrons. The second-order valence-electron chi connectivity index (χ2n) is 4.65. The summed E-state index contributed by atoms with van der Waals surface area (Å²) in [6.07, 6.45) is -0.523. The maximum absolute atomic E-state index is 13.1. The van der Waals surface area contributed by atoms with E-state index in [1.54, 1.807) is 12.1 Å². The third-order valence-electron chi connectivity index (χ3n) is 2.90. The smallest absolute Gasteiger partial charge is 0.159 e. The Bertz CT molecular complexity index is 578. The number of rotatable bonds is 3. The van der Waals surface area contributed by atoms with Gasteiger partial charge in [-0.15, -0.1) is 0 Å². The van der Waals surface area contributed by atoms with Crippen molar-refractivity contribution in [2.45, 2.75) is 26.4 Å². The molecule has 2 aromatic rings. The molecule has 1 aromatic heterocycles. The Morgan fingerprint density at radius 3 is 2.26 bits per heavy atom. The van der Waals surface area contributed by atoms with Crippen molar-refractivity contribution in [1.29, 1.82) is 0 Å². The standard InChI is InChI=1S/C15H15F2NO/c1-9-5-12(6-10(2)18-9)15(19)8-11-3-4-13(16)14(17)7-11/h3-7,15,19H,8H2,1-2H3. The average molecular weight is 263 g/mol. The van der Waals surface area contributed by atoms with Gasteiger partial charge in [0.1, 0.15) is 0 Å². The number of hydrogen-bond donors (Lipinski definition) is 1. The fourth-order valence-corrected chi connectivity index (χ4v) is 2.07. The van der Waals surface area contributed by atoms with E-state index < -0.39 is 17.7 Å². The topological polar surface area (TPSA) is 33.1 Å². The van der Waals surface area contributed by atoms with Gasteiger partial charge in [-0.2, -0.15) is 0 Å². The van der Waals surface area contributed by atoms with Crippen LogP contribution in [0.4, 0.5) is 8.78 Å². The van der Waals surface area contributed by atoms with Crippen molar-refractivity contribution in [2.24, 2.45) is 0 Å². The quantitative estimate of drug-likeness (QED) is 0.922. The Balaban J connectivity index is 2.20. The van der Waals surface area contributed by atoms with E-state index in [1.165, 1.54) is 6.07 Å². The number of hydrogen-bond acceptors (Lipinski definition) is 2. The minimum atomic E-state index is -0.896. The van der Waals surface area contributed by atoms with E-state index in [-0.39, 0.29) is 6.42 Å². The van der Waals surface area contributed by atoms with Crippen LogP contribution in [0.3, 0.4) is 0 Å². The highest BCUT2D eigenvalue weighted by Crippen LogP contribution is 2.20. The third kappa shape index (κ3) is 3.35. The van der Waals surface area contributed by atoms with Gasteiger partial charge in [-0.3, -0.25) is 4.98 Å². The molecule has 0 saturated heterocycles. The predicted octanol–water partition coefficient (Wildman–Crippen LogP) is 3.25. The first-order valence-corrected chi connectivity index (χ1v) is 6.03. The molecule has 1 atom stereocenters. The lowest BCUT2D eigenvalue weighted by atomic mass is 10.0. The van der Waals surface area contributed by atoms with Crippen LogP contribution >= 0.6 is 0 Å². The summed E-state index contributed by atoms with van der Waals surface area (Å²) in [6.45, 7) is 3.70. The average Bonchev–Trinajstić information content (AvgIpc) is 2.32. The van der Waals surface area contributed by atoms with Gasteiger partial charge in [-0.1, -0.05) is 6.07 Å². The highest BCUT2D eigenvalue weighted by molar-refractivity contribution is 5.25. The van der Waals surface area contributed by atoms with Crippen molar-refractivity contribution in [3.63, 3.8) is 0 Å². The lowest BCUT2D eigenvalue weighted by Gasteiger charge is -2.12. The highest BCUT2D eigenvalue weighted by atomic mass is 19.2. The summed E-state index contributed by atoms with van der Waals surface area (Å²) >= 11 is 0. The molecule has 0 saturated carbocycles. The summed E-state index contributed by atoms with van der Waals surface area (Å²) in [5.74, 6) is -1.78. The predicted molar refractivity (Wildman–Crippen MR) is 68.7 cm³/mol. The molecule has 0 aliphatic rings. The molecular weight excluding hydrogens is 248 g/mol. The van der Waals surface area contributed by atoms with E-state index in [0.29, 0.717) is 5.56 Å². The van der Waals surface area contributed by atoms with Crippen LogP contribution in [0.15, 0.2) is 30.3 Å². The van der Waals surface area contributed by atoms with E-state index >= 15 is 0 Å². The van der Waals surface area contributed by atoms with E-state index in [2.05, 4.69) is 4.98 Å². The summed E-state index contributed by atoms with van der Waals surface area (Å²) in [5.41, 5.74) is 2.92. The van der Waals surface area contributed by atoms with Gasteiger partial charge in [0.2, 0.25) is 0 Å². The maximum atomic E-state index is 13.1. The zero-order valence-electron chi connectivity index (χ0n) is 10.8. The third-order valence-corrected chi connectivity index (χ3v) is 2.90. The summed E-state index contributed by atoms with van der Waals surface area (Å²) in [6, 6.07) is 7.23. The van der Waals surface area contributed by atoms with Gasteiger partial charge in [0.05, 0.1) is 6.10 Å². The van der Waals surface area contributed by atoms with E-state index in [9.17, 15) is 13.9 Å². The second kappa shape index (κ2) is 5.45. The van der Waals surface area contributed by atoms with Crippen molar-refractivity contribution in [3.8, 4) is 0 Å². The fourth-order valence-electron chi connectivity index (χ4n) is 2.07. The minimum Gasteiger partial charge on any atom is -0.388 e. The van der Waals surface area contributed by atoms with E-state index in [1.807, 2.05) is 13.8 Å². The van der Waals surface area contributed by atoms with Gasteiger partial charge >= 0.3 is 0 Å². The largest absolute Gasteiger partial charge is 0.388 e. The number of benzene rings is 1. The van der Waals surface area contributed by atoms with Crippen LogP contribution in [-0.4, -0.2) is 10.1 Å². The van der Waals surface area contributed by atoms with Gasteiger partial charge in [0.25, 0.3) is 0 Å². The molecule has 1 unspecified atom stereocenters. The number of aromatic nitrogens is 1. The van der Waals surface area contributed by atoms with Gasteiger partial charge < -0.3 is 5.11 Å². The van der Waals surface area contributed by atoms with Gasteiger partial charge in [-0.05, 0) is 49.2 Å². The minimum absolute atomic E-state index is 0.236. The molecule has 19 heavy (non-hydrogen) atoms. The van der Waals surface area contributed by atoms with Crippen LogP contribution < -0.4 is 0 Å². The molecule has 2 nitrogen and oxygen atoms in total. The molecule has 0 aliphatic carbocycles. The SMILES string of the molecule is Cc1cc(C(O)Cc2ccc(F)c(F)c2)cc(C)n1. The number of aliphatic hydroxyl groups excluding tert-OH is 1. The van der Waals surface area contributed by atoms with Crippen molar-refractivity contribution in [3.05, 3.63) is 64.5 Å². The van der Waals surface area contributed by atoms with Crippen molar-refractivity contribution in [2.75, 3.05) is 0 Å². The molecule has 1 heterocycles. The molecular formula is C15H15F2NO. The van der Waals surface area contributed by atoms with Crippen LogP contribution in [0.2, 0.25) is 0 Å². The number of nitrogens with zero attached hydrogens (tertiary/aromatic N) is 1. The lowest BCUT2D eigenvalue weighted by Crippen LogP contribution is -2.04. The van der Waals surface area contributed by atoms with E-state index in [0.717, 1.165) is 29.1 Å². The zero-order chi connectivity index (χ0) is 14.0. The zero-order valence-corrected chi connectivity index (χ0v) is 10.8. The first-order valence-electron chi connectivity index (χ1n) is 6.03. The van der Waals surface area contributed by atoms with Crippen LogP contribution in [0.25, 0.3) is 0 Å². The number of halogens is 2. The molecule has 0 fully saturated rings. The van der Waals surface area contributed by atoms with Gasteiger partial charge in [0, 0.05) is 17.8 Å². The molecule has 0 amide bonds. The molecule has 0 spiro atoms. The van der Waals surface area contributed by atoms with Crippen LogP contribution in [-0.2, 0) is 6.42 Å². The Kier molecular flexibility index (Phi) is 3.90. The molecule has 0 bridgehead atoms. The fraction of sp³-hybridized carbons (Fsp3) is 0.267. The summed E-state index contributed by atoms with van der Waals surface area (Å²) in [7, 11) is 0. The first kappa shape index (κ1) is 13.6. The first-order chi connectivity index (χ1) is 8.95. The number of pyridine rings is 1. The van der Waals surface area contributed by atoms with Crippen molar-refractivity contribution >= 4 is 0 Å². The van der Waals surface area contributed by atoms with Crippen molar-refractivity contribution in [1.82, 2.24) is 4.98 Å². The van der Waals surface area contributed by atoms with Crippen LogP contribution in [0.5, 0.6) is 0 Å². The maximum Gasteiger partial charge on any atom is 0.159 e. The van der Waals surface area contributed by atoms with E-state index in [4.69, 9.17) is 0 Å². The number of aryl methyl sites for hydroxylation is 2. The molecule has 0 aliphatic heterocycles. The second-order valence-corrected chi connectivity index (χ2v) is 4.65. The van der Waals surface area contributed by atoms with Gasteiger partial charge in [0.15, 0.2) is 11.6 Å². The molecule has 1 N–H and O–H groups in total. The summed E-state index contributed by atoms with van der Waals surface area (Å²) in [5, 5.41) is 10.1.